The molecule has 0 spiro atoms. The minimum absolute atomic E-state index is 0.196. The van der Waals surface area contributed by atoms with E-state index in [0.717, 1.165) is 18.8 Å². The summed E-state index contributed by atoms with van der Waals surface area (Å²) in [4.78, 5) is 11.8. The van der Waals surface area contributed by atoms with Crippen molar-refractivity contribution in [3.05, 3.63) is 0 Å². The van der Waals surface area contributed by atoms with E-state index in [1.807, 2.05) is 20.8 Å². The fraction of sp³-hybridized carbons (Fsp3) is 0.923. The van der Waals surface area contributed by atoms with Gasteiger partial charge in [-0.2, -0.15) is 0 Å². The summed E-state index contributed by atoms with van der Waals surface area (Å²) in [6.07, 6.45) is 6.16. The highest BCUT2D eigenvalue weighted by atomic mass is 16.2. The summed E-state index contributed by atoms with van der Waals surface area (Å²) in [6.45, 7) is 8.24. The van der Waals surface area contributed by atoms with Crippen molar-refractivity contribution in [2.45, 2.75) is 65.8 Å². The van der Waals surface area contributed by atoms with Gasteiger partial charge in [-0.15, -0.1) is 0 Å². The molecule has 2 unspecified atom stereocenters. The first-order chi connectivity index (χ1) is 6.89. The van der Waals surface area contributed by atoms with Crippen molar-refractivity contribution in [2.75, 3.05) is 0 Å². The van der Waals surface area contributed by atoms with Crippen LogP contribution >= 0.6 is 0 Å². The van der Waals surface area contributed by atoms with Crippen molar-refractivity contribution in [1.82, 2.24) is 5.32 Å². The molecule has 0 radical (unpaired) electrons. The smallest absolute Gasteiger partial charge is 0.225 e. The molecular weight excluding hydrogens is 186 g/mol. The van der Waals surface area contributed by atoms with E-state index in [9.17, 15) is 4.79 Å². The van der Waals surface area contributed by atoms with E-state index in [-0.39, 0.29) is 11.3 Å². The number of amides is 1. The Kier molecular flexibility index (Phi) is 4.18. The van der Waals surface area contributed by atoms with Crippen LogP contribution in [-0.4, -0.2) is 11.9 Å². The molecule has 0 heterocycles. The van der Waals surface area contributed by atoms with Gasteiger partial charge in [0, 0.05) is 11.5 Å². The topological polar surface area (TPSA) is 29.1 Å². The minimum atomic E-state index is -0.252. The van der Waals surface area contributed by atoms with Gasteiger partial charge in [-0.1, -0.05) is 40.5 Å². The van der Waals surface area contributed by atoms with Crippen molar-refractivity contribution in [3.8, 4) is 0 Å². The Morgan fingerprint density at radius 3 is 2.40 bits per heavy atom. The third kappa shape index (κ3) is 4.23. The van der Waals surface area contributed by atoms with Crippen LogP contribution in [0.15, 0.2) is 0 Å². The lowest BCUT2D eigenvalue weighted by Crippen LogP contribution is -2.41. The summed E-state index contributed by atoms with van der Waals surface area (Å²) in [5.41, 5.74) is -0.252. The lowest BCUT2D eigenvalue weighted by atomic mass is 9.94. The SMILES string of the molecule is CC1CCCC(NC(=O)C(C)(C)C)CC1. The van der Waals surface area contributed by atoms with Gasteiger partial charge in [0.05, 0.1) is 0 Å². The summed E-state index contributed by atoms with van der Waals surface area (Å²) < 4.78 is 0. The van der Waals surface area contributed by atoms with Crippen molar-refractivity contribution >= 4 is 5.91 Å². The molecule has 1 aliphatic rings. The zero-order valence-corrected chi connectivity index (χ0v) is 10.6. The molecule has 1 saturated carbocycles. The molecule has 0 aromatic carbocycles. The molecule has 2 atom stereocenters. The molecule has 1 amide bonds. The summed E-state index contributed by atoms with van der Waals surface area (Å²) in [5.74, 6) is 1.03. The van der Waals surface area contributed by atoms with Crippen molar-refractivity contribution in [2.24, 2.45) is 11.3 Å². The van der Waals surface area contributed by atoms with E-state index in [4.69, 9.17) is 0 Å². The molecule has 0 aromatic rings. The van der Waals surface area contributed by atoms with Crippen molar-refractivity contribution < 1.29 is 4.79 Å². The Bertz CT molecular complexity index is 217. The maximum atomic E-state index is 11.8. The second-order valence-electron chi connectivity index (χ2n) is 6.03. The summed E-state index contributed by atoms with van der Waals surface area (Å²) in [5, 5.41) is 3.18. The van der Waals surface area contributed by atoms with Gasteiger partial charge < -0.3 is 5.32 Å². The molecule has 0 aromatic heterocycles. The Labute approximate surface area is 93.8 Å². The van der Waals surface area contributed by atoms with E-state index in [1.54, 1.807) is 0 Å². The van der Waals surface area contributed by atoms with Crippen LogP contribution in [0.25, 0.3) is 0 Å². The fourth-order valence-electron chi connectivity index (χ4n) is 2.03. The normalized spacial score (nSPS) is 28.3. The highest BCUT2D eigenvalue weighted by molar-refractivity contribution is 5.81. The first kappa shape index (κ1) is 12.5. The highest BCUT2D eigenvalue weighted by Gasteiger charge is 2.25. The summed E-state index contributed by atoms with van der Waals surface area (Å²) in [7, 11) is 0. The Hall–Kier alpha value is -0.530. The molecule has 15 heavy (non-hydrogen) atoms. The van der Waals surface area contributed by atoms with Crippen molar-refractivity contribution in [1.29, 1.82) is 0 Å². The monoisotopic (exact) mass is 211 g/mol. The zero-order valence-electron chi connectivity index (χ0n) is 10.6. The largest absolute Gasteiger partial charge is 0.353 e. The van der Waals surface area contributed by atoms with Gasteiger partial charge in [-0.25, -0.2) is 0 Å². The molecule has 1 N–H and O–H groups in total. The van der Waals surface area contributed by atoms with Crippen LogP contribution < -0.4 is 5.32 Å². The zero-order chi connectivity index (χ0) is 11.5. The fourth-order valence-corrected chi connectivity index (χ4v) is 2.03. The maximum Gasteiger partial charge on any atom is 0.225 e. The first-order valence-corrected chi connectivity index (χ1v) is 6.20. The van der Waals surface area contributed by atoms with Crippen LogP contribution in [0.5, 0.6) is 0 Å². The second kappa shape index (κ2) is 5.00. The second-order valence-corrected chi connectivity index (χ2v) is 6.03. The highest BCUT2D eigenvalue weighted by Crippen LogP contribution is 2.23. The first-order valence-electron chi connectivity index (χ1n) is 6.20. The standard InChI is InChI=1S/C13H25NO/c1-10-6-5-7-11(9-8-10)14-12(15)13(2,3)4/h10-11H,5-9H2,1-4H3,(H,14,15). The Balaban J connectivity index is 2.41. The molecule has 2 heteroatoms. The van der Waals surface area contributed by atoms with E-state index in [2.05, 4.69) is 12.2 Å². The predicted octanol–water partition coefficient (Wildman–Crippen LogP) is 3.12. The molecular formula is C13H25NO. The molecule has 0 saturated heterocycles. The van der Waals surface area contributed by atoms with E-state index in [1.165, 1.54) is 19.3 Å². The van der Waals surface area contributed by atoms with Crippen LogP contribution in [-0.2, 0) is 4.79 Å². The lowest BCUT2D eigenvalue weighted by Gasteiger charge is -2.23. The summed E-state index contributed by atoms with van der Waals surface area (Å²) in [6, 6.07) is 0.418. The molecule has 1 rings (SSSR count). The van der Waals surface area contributed by atoms with Crippen molar-refractivity contribution in [3.63, 3.8) is 0 Å². The Morgan fingerprint density at radius 2 is 1.80 bits per heavy atom. The van der Waals surface area contributed by atoms with Gasteiger partial charge in [-0.3, -0.25) is 4.79 Å². The van der Waals surface area contributed by atoms with E-state index < -0.39 is 0 Å². The maximum absolute atomic E-state index is 11.8. The van der Waals surface area contributed by atoms with Gasteiger partial charge in [-0.05, 0) is 25.2 Å². The third-order valence-corrected chi connectivity index (χ3v) is 3.27. The van der Waals surface area contributed by atoms with Crippen LogP contribution in [0.1, 0.15) is 59.8 Å². The number of hydrogen-bond donors (Lipinski definition) is 1. The van der Waals surface area contributed by atoms with Crippen LogP contribution in [0.3, 0.4) is 0 Å². The van der Waals surface area contributed by atoms with Crippen LogP contribution in [0.2, 0.25) is 0 Å². The number of rotatable bonds is 1. The molecule has 88 valence electrons. The molecule has 1 fully saturated rings. The molecule has 0 aliphatic heterocycles. The van der Waals surface area contributed by atoms with Crippen LogP contribution in [0.4, 0.5) is 0 Å². The number of nitrogens with one attached hydrogen (secondary N) is 1. The Morgan fingerprint density at radius 1 is 1.13 bits per heavy atom. The molecule has 2 nitrogen and oxygen atoms in total. The summed E-state index contributed by atoms with van der Waals surface area (Å²) >= 11 is 0. The average Bonchev–Trinajstić information content (AvgIpc) is 2.29. The average molecular weight is 211 g/mol. The van der Waals surface area contributed by atoms with Gasteiger partial charge in [0.1, 0.15) is 0 Å². The lowest BCUT2D eigenvalue weighted by molar-refractivity contribution is -0.129. The quantitative estimate of drug-likeness (QED) is 0.663. The van der Waals surface area contributed by atoms with Crippen LogP contribution in [0, 0.1) is 11.3 Å². The number of hydrogen-bond acceptors (Lipinski definition) is 1. The van der Waals surface area contributed by atoms with Gasteiger partial charge in [0.2, 0.25) is 5.91 Å². The predicted molar refractivity (Wildman–Crippen MR) is 63.6 cm³/mol. The number of carbonyl (C=O) groups excluding carboxylic acids is 1. The molecule has 0 bridgehead atoms. The van der Waals surface area contributed by atoms with E-state index in [0.29, 0.717) is 6.04 Å². The molecule has 1 aliphatic carbocycles. The van der Waals surface area contributed by atoms with E-state index >= 15 is 0 Å². The number of carbonyl (C=O) groups is 1. The third-order valence-electron chi connectivity index (χ3n) is 3.27. The van der Waals surface area contributed by atoms with Gasteiger partial charge in [0.15, 0.2) is 0 Å². The minimum Gasteiger partial charge on any atom is -0.353 e. The van der Waals surface area contributed by atoms with Gasteiger partial charge in [0.25, 0.3) is 0 Å². The van der Waals surface area contributed by atoms with Gasteiger partial charge >= 0.3 is 0 Å².